The minimum absolute atomic E-state index is 0.130. The van der Waals surface area contributed by atoms with Crippen molar-refractivity contribution in [2.75, 3.05) is 46.3 Å². The van der Waals surface area contributed by atoms with Gasteiger partial charge in [0.25, 0.3) is 5.91 Å². The van der Waals surface area contributed by atoms with Gasteiger partial charge >= 0.3 is 0 Å². The predicted octanol–water partition coefficient (Wildman–Crippen LogP) is 3.02. The Hall–Kier alpha value is -2.63. The Morgan fingerprint density at radius 2 is 1.67 bits per heavy atom. The summed E-state index contributed by atoms with van der Waals surface area (Å²) >= 11 is 0. The normalized spacial score (nSPS) is 21.0. The van der Waals surface area contributed by atoms with Crippen molar-refractivity contribution in [2.45, 2.75) is 18.4 Å². The average Bonchev–Trinajstić information content (AvgIpc) is 2.79. The molecule has 3 heterocycles. The second kappa shape index (κ2) is 7.89. The van der Waals surface area contributed by atoms with Crippen LogP contribution in [0.15, 0.2) is 54.6 Å². The van der Waals surface area contributed by atoms with Crippen LogP contribution >= 0.6 is 0 Å². The van der Waals surface area contributed by atoms with Gasteiger partial charge in [-0.3, -0.25) is 4.79 Å². The Kier molecular flexibility index (Phi) is 5.09. The summed E-state index contributed by atoms with van der Waals surface area (Å²) in [7, 11) is 2.10. The van der Waals surface area contributed by atoms with Gasteiger partial charge in [-0.2, -0.15) is 0 Å². The Morgan fingerprint density at radius 3 is 2.40 bits per heavy atom. The highest BCUT2D eigenvalue weighted by atomic mass is 16.5. The van der Waals surface area contributed by atoms with E-state index >= 15 is 0 Å². The summed E-state index contributed by atoms with van der Waals surface area (Å²) in [5, 5.41) is 3.43. The number of rotatable bonds is 2. The van der Waals surface area contributed by atoms with Crippen LogP contribution in [0.5, 0.6) is 5.75 Å². The number of amides is 1. The van der Waals surface area contributed by atoms with Gasteiger partial charge in [-0.15, -0.1) is 0 Å². The fraction of sp³-hybridized carbons (Fsp3) is 0.400. The van der Waals surface area contributed by atoms with E-state index in [1.165, 1.54) is 5.57 Å². The van der Waals surface area contributed by atoms with E-state index in [4.69, 9.17) is 4.74 Å². The molecule has 5 heteroatoms. The number of para-hydroxylation sites is 1. The molecule has 0 saturated carbocycles. The molecule has 3 aliphatic heterocycles. The first-order valence-electron chi connectivity index (χ1n) is 10.9. The lowest BCUT2D eigenvalue weighted by Crippen LogP contribution is -2.47. The summed E-state index contributed by atoms with van der Waals surface area (Å²) < 4.78 is 6.48. The third kappa shape index (κ3) is 3.64. The molecular formula is C25H29N3O2. The summed E-state index contributed by atoms with van der Waals surface area (Å²) in [6, 6.07) is 16.4. The molecule has 0 atom stereocenters. The first kappa shape index (κ1) is 19.3. The van der Waals surface area contributed by atoms with Crippen LogP contribution in [0.3, 0.4) is 0 Å². The minimum atomic E-state index is -0.247. The van der Waals surface area contributed by atoms with Gasteiger partial charge in [-0.25, -0.2) is 0 Å². The molecule has 0 unspecified atom stereocenters. The van der Waals surface area contributed by atoms with Crippen molar-refractivity contribution in [3.8, 4) is 5.75 Å². The molecule has 1 amide bonds. The van der Waals surface area contributed by atoms with E-state index in [-0.39, 0.29) is 11.5 Å². The number of nitrogens with zero attached hydrogens (tertiary/aromatic N) is 2. The van der Waals surface area contributed by atoms with E-state index in [0.717, 1.165) is 74.6 Å². The third-order valence-corrected chi connectivity index (χ3v) is 6.58. The van der Waals surface area contributed by atoms with Crippen LogP contribution in [0, 0.1) is 0 Å². The maximum absolute atomic E-state index is 12.9. The third-order valence-electron chi connectivity index (χ3n) is 6.58. The summed E-state index contributed by atoms with van der Waals surface area (Å²) in [5.41, 5.74) is 3.99. The molecule has 156 valence electrons. The summed E-state index contributed by atoms with van der Waals surface area (Å²) in [4.78, 5) is 17.1. The number of nitrogens with one attached hydrogen (secondary N) is 1. The number of ether oxygens (including phenoxy) is 1. The van der Waals surface area contributed by atoms with Gasteiger partial charge in [-0.05, 0) is 55.5 Å². The Labute approximate surface area is 178 Å². The highest BCUT2D eigenvalue weighted by Gasteiger charge is 2.37. The van der Waals surface area contributed by atoms with Crippen molar-refractivity contribution >= 4 is 11.5 Å². The quantitative estimate of drug-likeness (QED) is 0.837. The van der Waals surface area contributed by atoms with Gasteiger partial charge in [-0.1, -0.05) is 30.3 Å². The SMILES string of the molecule is CN1CCN(C(=O)c2ccc(C3=CC4(CCNCC4)Oc4ccccc43)cc2)CC1. The fourth-order valence-corrected chi connectivity index (χ4v) is 4.69. The summed E-state index contributed by atoms with van der Waals surface area (Å²) in [5.74, 6) is 1.08. The summed E-state index contributed by atoms with van der Waals surface area (Å²) in [6.07, 6.45) is 4.24. The van der Waals surface area contributed by atoms with Crippen molar-refractivity contribution in [3.05, 3.63) is 71.3 Å². The maximum Gasteiger partial charge on any atom is 0.253 e. The number of hydrogen-bond acceptors (Lipinski definition) is 4. The number of benzene rings is 2. The minimum Gasteiger partial charge on any atom is -0.482 e. The molecule has 2 saturated heterocycles. The van der Waals surface area contributed by atoms with E-state index in [9.17, 15) is 4.79 Å². The summed E-state index contributed by atoms with van der Waals surface area (Å²) in [6.45, 7) is 5.39. The van der Waals surface area contributed by atoms with Crippen molar-refractivity contribution in [1.29, 1.82) is 0 Å². The zero-order valence-electron chi connectivity index (χ0n) is 17.6. The number of hydrogen-bond donors (Lipinski definition) is 1. The maximum atomic E-state index is 12.9. The van der Waals surface area contributed by atoms with Gasteiger partial charge < -0.3 is 19.9 Å². The number of piperidine rings is 1. The van der Waals surface area contributed by atoms with Crippen LogP contribution in [0.4, 0.5) is 0 Å². The Morgan fingerprint density at radius 1 is 0.967 bits per heavy atom. The van der Waals surface area contributed by atoms with Gasteiger partial charge in [0.2, 0.25) is 0 Å². The number of piperazine rings is 1. The molecule has 0 bridgehead atoms. The molecule has 0 aliphatic carbocycles. The number of likely N-dealkylation sites (N-methyl/N-ethyl adjacent to an activating group) is 1. The van der Waals surface area contributed by atoms with E-state index in [1.54, 1.807) is 0 Å². The van der Waals surface area contributed by atoms with Crippen LogP contribution in [0.1, 0.15) is 34.3 Å². The molecule has 0 aromatic heterocycles. The highest BCUT2D eigenvalue weighted by Crippen LogP contribution is 2.42. The largest absolute Gasteiger partial charge is 0.482 e. The van der Waals surface area contributed by atoms with Crippen molar-refractivity contribution in [1.82, 2.24) is 15.1 Å². The van der Waals surface area contributed by atoms with Gasteiger partial charge in [0.1, 0.15) is 11.4 Å². The zero-order chi connectivity index (χ0) is 20.6. The Bertz CT molecular complexity index is 953. The molecule has 0 radical (unpaired) electrons. The first-order chi connectivity index (χ1) is 14.6. The fourth-order valence-electron chi connectivity index (χ4n) is 4.69. The predicted molar refractivity (Wildman–Crippen MR) is 119 cm³/mol. The zero-order valence-corrected chi connectivity index (χ0v) is 17.6. The van der Waals surface area contributed by atoms with Crippen LogP contribution in [-0.2, 0) is 0 Å². The topological polar surface area (TPSA) is 44.8 Å². The van der Waals surface area contributed by atoms with Crippen molar-refractivity contribution in [3.63, 3.8) is 0 Å². The molecular weight excluding hydrogens is 374 g/mol. The van der Waals surface area contributed by atoms with Crippen LogP contribution in [0.25, 0.3) is 5.57 Å². The van der Waals surface area contributed by atoms with Crippen LogP contribution in [-0.4, -0.2) is 67.6 Å². The molecule has 2 aromatic rings. The van der Waals surface area contributed by atoms with E-state index in [1.807, 2.05) is 23.1 Å². The van der Waals surface area contributed by atoms with E-state index in [2.05, 4.69) is 53.7 Å². The van der Waals surface area contributed by atoms with Crippen molar-refractivity contribution < 1.29 is 9.53 Å². The van der Waals surface area contributed by atoms with E-state index in [0.29, 0.717) is 0 Å². The van der Waals surface area contributed by atoms with Crippen LogP contribution < -0.4 is 10.1 Å². The average molecular weight is 404 g/mol. The number of carbonyl (C=O) groups excluding carboxylic acids is 1. The molecule has 1 N–H and O–H groups in total. The first-order valence-corrected chi connectivity index (χ1v) is 10.9. The molecule has 2 aromatic carbocycles. The second-order valence-electron chi connectivity index (χ2n) is 8.64. The molecule has 5 rings (SSSR count). The molecule has 1 spiro atoms. The standard InChI is InChI=1S/C25H29N3O2/c1-27-14-16-28(17-15-27)24(29)20-8-6-19(7-9-20)22-18-25(10-12-26-13-11-25)30-23-5-3-2-4-21(22)23/h2-9,18,26H,10-17H2,1H3. The van der Waals surface area contributed by atoms with E-state index < -0.39 is 0 Å². The molecule has 5 nitrogen and oxygen atoms in total. The van der Waals surface area contributed by atoms with Gasteiger partial charge in [0.05, 0.1) is 0 Å². The Balaban J connectivity index is 1.44. The van der Waals surface area contributed by atoms with Crippen LogP contribution in [0.2, 0.25) is 0 Å². The number of fused-ring (bicyclic) bond motifs is 1. The van der Waals surface area contributed by atoms with Crippen molar-refractivity contribution in [2.24, 2.45) is 0 Å². The molecule has 30 heavy (non-hydrogen) atoms. The lowest BCUT2D eigenvalue weighted by atomic mass is 9.83. The smallest absolute Gasteiger partial charge is 0.253 e. The lowest BCUT2D eigenvalue weighted by Gasteiger charge is -2.40. The monoisotopic (exact) mass is 403 g/mol. The van der Waals surface area contributed by atoms with Gasteiger partial charge in [0.15, 0.2) is 0 Å². The molecule has 3 aliphatic rings. The molecule has 2 fully saturated rings. The number of carbonyl (C=O) groups is 1. The van der Waals surface area contributed by atoms with Gasteiger partial charge in [0, 0.05) is 50.1 Å². The highest BCUT2D eigenvalue weighted by molar-refractivity contribution is 5.95. The lowest BCUT2D eigenvalue weighted by molar-refractivity contribution is 0.0664. The second-order valence-corrected chi connectivity index (χ2v) is 8.64.